The van der Waals surface area contributed by atoms with Gasteiger partial charge in [-0.3, -0.25) is 14.5 Å². The van der Waals surface area contributed by atoms with E-state index in [1.807, 2.05) is 0 Å². The maximum Gasteiger partial charge on any atom is 0.300 e. The first-order valence-corrected chi connectivity index (χ1v) is 10.3. The van der Waals surface area contributed by atoms with Crippen molar-refractivity contribution < 1.29 is 28.6 Å². The summed E-state index contributed by atoms with van der Waals surface area (Å²) in [6, 6.07) is 15.6. The molecule has 3 aromatic carbocycles. The lowest BCUT2D eigenvalue weighted by molar-refractivity contribution is -0.132. The van der Waals surface area contributed by atoms with Crippen molar-refractivity contribution in [1.29, 1.82) is 0 Å². The normalized spacial score (nSPS) is 17.3. The molecular weight excluding hydrogens is 449 g/mol. The molecule has 1 unspecified atom stereocenters. The van der Waals surface area contributed by atoms with Gasteiger partial charge >= 0.3 is 0 Å². The molecule has 1 atom stereocenters. The molecule has 0 saturated carbocycles. The molecule has 0 aliphatic carbocycles. The number of hydrogen-bond donors (Lipinski definition) is 1. The summed E-state index contributed by atoms with van der Waals surface area (Å²) in [5.74, 6) is -1.99. The van der Waals surface area contributed by atoms with Crippen molar-refractivity contribution in [2.45, 2.75) is 6.04 Å². The monoisotopic (exact) mass is 467 g/mol. The molecule has 8 heteroatoms. The van der Waals surface area contributed by atoms with E-state index in [0.29, 0.717) is 17.1 Å². The molecule has 168 valence electrons. The SMILES string of the molecule is COc1cccc(C2/C(=C(\O)c3cc(OC)ccc3Cl)C(=O)C(=O)N2c2cccc(F)c2)c1. The molecule has 0 aromatic heterocycles. The lowest BCUT2D eigenvalue weighted by atomic mass is 9.95. The van der Waals surface area contributed by atoms with E-state index < -0.39 is 29.3 Å². The maximum absolute atomic E-state index is 14.0. The highest BCUT2D eigenvalue weighted by Gasteiger charge is 2.47. The van der Waals surface area contributed by atoms with E-state index in [0.717, 1.165) is 11.0 Å². The second kappa shape index (κ2) is 8.96. The molecule has 1 amide bonds. The predicted octanol–water partition coefficient (Wildman–Crippen LogP) is 5.12. The van der Waals surface area contributed by atoms with Crippen LogP contribution in [-0.2, 0) is 9.59 Å². The molecule has 1 aliphatic rings. The van der Waals surface area contributed by atoms with Crippen molar-refractivity contribution in [2.24, 2.45) is 0 Å². The summed E-state index contributed by atoms with van der Waals surface area (Å²) in [5, 5.41) is 11.4. The van der Waals surface area contributed by atoms with E-state index in [1.54, 1.807) is 30.3 Å². The van der Waals surface area contributed by atoms with Gasteiger partial charge < -0.3 is 14.6 Å². The van der Waals surface area contributed by atoms with Gasteiger partial charge in [-0.25, -0.2) is 4.39 Å². The second-order valence-corrected chi connectivity index (χ2v) is 7.68. The summed E-state index contributed by atoms with van der Waals surface area (Å²) in [6.45, 7) is 0. The lowest BCUT2D eigenvalue weighted by Gasteiger charge is -2.25. The van der Waals surface area contributed by atoms with Gasteiger partial charge in [0.25, 0.3) is 11.7 Å². The van der Waals surface area contributed by atoms with Crippen molar-refractivity contribution >= 4 is 34.7 Å². The fourth-order valence-corrected chi connectivity index (χ4v) is 4.02. The third-order valence-corrected chi connectivity index (χ3v) is 5.70. The number of benzene rings is 3. The number of methoxy groups -OCH3 is 2. The Kier molecular flexibility index (Phi) is 6.07. The van der Waals surface area contributed by atoms with Gasteiger partial charge in [0, 0.05) is 11.3 Å². The Morgan fingerprint density at radius 1 is 0.970 bits per heavy atom. The minimum absolute atomic E-state index is 0.126. The average Bonchev–Trinajstić information content (AvgIpc) is 3.09. The summed E-state index contributed by atoms with van der Waals surface area (Å²) in [5.41, 5.74) is 0.591. The van der Waals surface area contributed by atoms with Gasteiger partial charge in [-0.1, -0.05) is 29.8 Å². The molecule has 1 N–H and O–H groups in total. The maximum atomic E-state index is 14.0. The van der Waals surface area contributed by atoms with Crippen LogP contribution in [-0.4, -0.2) is 31.0 Å². The zero-order valence-electron chi connectivity index (χ0n) is 17.7. The fraction of sp³-hybridized carbons (Fsp3) is 0.120. The number of carbonyl (C=O) groups is 2. The molecule has 0 bridgehead atoms. The molecule has 4 rings (SSSR count). The van der Waals surface area contributed by atoms with Gasteiger partial charge in [0.2, 0.25) is 0 Å². The van der Waals surface area contributed by atoms with Crippen LogP contribution in [0.15, 0.2) is 72.3 Å². The molecule has 0 radical (unpaired) electrons. The van der Waals surface area contributed by atoms with Crippen molar-refractivity contribution in [3.8, 4) is 11.5 Å². The molecule has 1 saturated heterocycles. The topological polar surface area (TPSA) is 76.1 Å². The number of aliphatic hydroxyl groups excluding tert-OH is 1. The Morgan fingerprint density at radius 3 is 2.36 bits per heavy atom. The molecule has 1 fully saturated rings. The molecule has 1 heterocycles. The summed E-state index contributed by atoms with van der Waals surface area (Å²) < 4.78 is 24.5. The largest absolute Gasteiger partial charge is 0.507 e. The zero-order valence-corrected chi connectivity index (χ0v) is 18.5. The summed E-state index contributed by atoms with van der Waals surface area (Å²) in [6.07, 6.45) is 0. The number of anilines is 1. The van der Waals surface area contributed by atoms with E-state index in [9.17, 15) is 19.1 Å². The number of ether oxygens (including phenoxy) is 2. The van der Waals surface area contributed by atoms with Crippen LogP contribution in [0.4, 0.5) is 10.1 Å². The molecule has 1 aliphatic heterocycles. The Hall–Kier alpha value is -3.84. The van der Waals surface area contributed by atoms with E-state index in [1.165, 1.54) is 44.6 Å². The smallest absolute Gasteiger partial charge is 0.300 e. The van der Waals surface area contributed by atoms with Crippen LogP contribution >= 0.6 is 11.6 Å². The first-order chi connectivity index (χ1) is 15.8. The van der Waals surface area contributed by atoms with Crippen molar-refractivity contribution in [3.63, 3.8) is 0 Å². The summed E-state index contributed by atoms with van der Waals surface area (Å²) in [4.78, 5) is 27.5. The second-order valence-electron chi connectivity index (χ2n) is 7.27. The minimum Gasteiger partial charge on any atom is -0.507 e. The number of carbonyl (C=O) groups excluding carboxylic acids is 2. The van der Waals surface area contributed by atoms with Crippen LogP contribution in [0.3, 0.4) is 0 Å². The number of amides is 1. The number of aliphatic hydroxyl groups is 1. The average molecular weight is 468 g/mol. The third kappa shape index (κ3) is 4.03. The van der Waals surface area contributed by atoms with Gasteiger partial charge in [-0.15, -0.1) is 0 Å². The fourth-order valence-electron chi connectivity index (χ4n) is 3.81. The van der Waals surface area contributed by atoms with Crippen LogP contribution in [0.2, 0.25) is 5.02 Å². The highest BCUT2D eigenvalue weighted by molar-refractivity contribution is 6.52. The first kappa shape index (κ1) is 22.4. The van der Waals surface area contributed by atoms with Gasteiger partial charge in [0.15, 0.2) is 0 Å². The van der Waals surface area contributed by atoms with Crippen LogP contribution in [0.5, 0.6) is 11.5 Å². The summed E-state index contributed by atoms with van der Waals surface area (Å²) >= 11 is 6.30. The van der Waals surface area contributed by atoms with Crippen LogP contribution in [0, 0.1) is 5.82 Å². The van der Waals surface area contributed by atoms with Gasteiger partial charge in [-0.05, 0) is 54.1 Å². The van der Waals surface area contributed by atoms with E-state index in [-0.39, 0.29) is 21.8 Å². The van der Waals surface area contributed by atoms with E-state index in [2.05, 4.69) is 0 Å². The van der Waals surface area contributed by atoms with E-state index >= 15 is 0 Å². The molecular formula is C25H19ClFNO5. The molecule has 0 spiro atoms. The van der Waals surface area contributed by atoms with Gasteiger partial charge in [0.1, 0.15) is 23.1 Å². The van der Waals surface area contributed by atoms with Crippen molar-refractivity contribution in [3.05, 3.63) is 94.3 Å². The Morgan fingerprint density at radius 2 is 1.67 bits per heavy atom. The highest BCUT2D eigenvalue weighted by Crippen LogP contribution is 2.44. The van der Waals surface area contributed by atoms with Gasteiger partial charge in [-0.2, -0.15) is 0 Å². The lowest BCUT2D eigenvalue weighted by Crippen LogP contribution is -2.29. The first-order valence-electron chi connectivity index (χ1n) is 9.90. The number of ketones is 1. The Balaban J connectivity index is 1.99. The minimum atomic E-state index is -1.05. The van der Waals surface area contributed by atoms with Crippen LogP contribution < -0.4 is 14.4 Å². The molecule has 3 aromatic rings. The highest BCUT2D eigenvalue weighted by atomic mass is 35.5. The zero-order chi connectivity index (χ0) is 23.7. The Bertz CT molecular complexity index is 1290. The third-order valence-electron chi connectivity index (χ3n) is 5.37. The standard InChI is InChI=1S/C25H19ClFNO5/c1-32-17-8-3-5-14(11-17)22-21(23(29)19-13-18(33-2)9-10-20(19)26)24(30)25(31)28(22)16-7-4-6-15(27)12-16/h3-13,22,29H,1-2H3/b23-21+. The van der Waals surface area contributed by atoms with E-state index in [4.69, 9.17) is 21.1 Å². The van der Waals surface area contributed by atoms with Crippen molar-refractivity contribution in [2.75, 3.05) is 19.1 Å². The summed E-state index contributed by atoms with van der Waals surface area (Å²) in [7, 11) is 2.94. The number of rotatable bonds is 5. The van der Waals surface area contributed by atoms with Crippen LogP contribution in [0.1, 0.15) is 17.2 Å². The number of nitrogens with zero attached hydrogens (tertiary/aromatic N) is 1. The Labute approximate surface area is 194 Å². The number of hydrogen-bond acceptors (Lipinski definition) is 5. The van der Waals surface area contributed by atoms with Crippen molar-refractivity contribution in [1.82, 2.24) is 0 Å². The quantitative estimate of drug-likeness (QED) is 0.320. The number of halogens is 2. The molecule has 6 nitrogen and oxygen atoms in total. The van der Waals surface area contributed by atoms with Crippen LogP contribution in [0.25, 0.3) is 5.76 Å². The predicted molar refractivity (Wildman–Crippen MR) is 122 cm³/mol. The number of Topliss-reactive ketones (excluding diaryl/α,β-unsaturated/α-hetero) is 1. The molecule has 33 heavy (non-hydrogen) atoms. The van der Waals surface area contributed by atoms with Gasteiger partial charge in [0.05, 0.1) is 30.9 Å².